The van der Waals surface area contributed by atoms with Crippen LogP contribution in [0.5, 0.6) is 0 Å². The molecule has 7 rings (SSSR count). The quantitative estimate of drug-likeness (QED) is 0.137. The fraction of sp³-hybridized carbons (Fsp3) is 0. The van der Waals surface area contributed by atoms with Gasteiger partial charge in [0, 0.05) is 26.9 Å². The number of rotatable bonds is 0. The van der Waals surface area contributed by atoms with Gasteiger partial charge in [-0.05, 0) is 30.3 Å². The van der Waals surface area contributed by atoms with Crippen LogP contribution in [0.3, 0.4) is 0 Å². The van der Waals surface area contributed by atoms with E-state index in [1.807, 2.05) is 0 Å². The lowest BCUT2D eigenvalue weighted by Crippen LogP contribution is -2.15. The number of halogens is 3. The van der Waals surface area contributed by atoms with Gasteiger partial charge in [-0.2, -0.15) is 0 Å². The normalized spacial score (nSPS) is 12.1. The summed E-state index contributed by atoms with van der Waals surface area (Å²) in [6, 6.07) is 14.4. The number of aromatic amines is 2. The number of aromatic nitrogens is 2. The first-order chi connectivity index (χ1) is 17.8. The van der Waals surface area contributed by atoms with Crippen molar-refractivity contribution in [3.05, 3.63) is 111 Å². The van der Waals surface area contributed by atoms with Crippen LogP contribution in [-0.2, 0) is 0 Å². The Balaban J connectivity index is 1.70. The van der Waals surface area contributed by atoms with Gasteiger partial charge in [-0.15, -0.1) is 0 Å². The highest BCUT2D eigenvalue weighted by molar-refractivity contribution is 6.50. The van der Waals surface area contributed by atoms with E-state index in [-0.39, 0.29) is 52.9 Å². The van der Waals surface area contributed by atoms with Crippen molar-refractivity contribution < 1.29 is 0 Å². The van der Waals surface area contributed by atoms with E-state index < -0.39 is 10.9 Å². The van der Waals surface area contributed by atoms with Crippen LogP contribution in [0.2, 0.25) is 15.1 Å². The summed E-state index contributed by atoms with van der Waals surface area (Å²) in [6.07, 6.45) is 0. The zero-order valence-electron chi connectivity index (χ0n) is 18.5. The second kappa shape index (κ2) is 7.52. The number of hydrogen-bond donors (Lipinski definition) is 2. The van der Waals surface area contributed by atoms with Crippen LogP contribution < -0.4 is 21.7 Å². The molecule has 6 aromatic carbocycles. The van der Waals surface area contributed by atoms with Gasteiger partial charge in [0.1, 0.15) is 0 Å². The molecule has 0 atom stereocenters. The first-order valence-corrected chi connectivity index (χ1v) is 12.2. The minimum atomic E-state index is -0.452. The first kappa shape index (κ1) is 22.2. The van der Waals surface area contributed by atoms with Crippen molar-refractivity contribution in [2.75, 3.05) is 0 Å². The van der Waals surface area contributed by atoms with Crippen molar-refractivity contribution in [2.24, 2.45) is 0 Å². The number of benzene rings is 6. The molecule has 0 spiro atoms. The molecular weight excluding hydrogens is 535 g/mol. The summed E-state index contributed by atoms with van der Waals surface area (Å²) in [5.41, 5.74) is 0.323. The van der Waals surface area contributed by atoms with Crippen LogP contribution in [-0.4, -0.2) is 9.97 Å². The lowest BCUT2D eigenvalue weighted by molar-refractivity contribution is 1.41. The van der Waals surface area contributed by atoms with Crippen LogP contribution in [0.25, 0.3) is 65.2 Å². The van der Waals surface area contributed by atoms with Crippen LogP contribution >= 0.6 is 34.8 Å². The van der Waals surface area contributed by atoms with Crippen molar-refractivity contribution >= 4 is 100.0 Å². The van der Waals surface area contributed by atoms with Gasteiger partial charge in [-0.25, -0.2) is 0 Å². The average Bonchev–Trinajstić information content (AvgIpc) is 2.91. The second-order valence-electron chi connectivity index (χ2n) is 8.84. The largest absolute Gasteiger partial charge is 0.351 e. The lowest BCUT2D eigenvalue weighted by atomic mass is 9.99. The van der Waals surface area contributed by atoms with Crippen LogP contribution in [0, 0.1) is 0 Å². The summed E-state index contributed by atoms with van der Waals surface area (Å²) >= 11 is 18.6. The Bertz CT molecular complexity index is 2430. The molecule has 0 amide bonds. The summed E-state index contributed by atoms with van der Waals surface area (Å²) in [6.45, 7) is 0. The molecule has 0 saturated carbocycles. The van der Waals surface area contributed by atoms with E-state index in [0.29, 0.717) is 38.2 Å². The number of nitrogens with one attached hydrogen (secondary N) is 2. The zero-order valence-corrected chi connectivity index (χ0v) is 20.7. The van der Waals surface area contributed by atoms with Crippen LogP contribution in [0.4, 0.5) is 0 Å². The maximum Gasteiger partial charge on any atom is 0.196 e. The minimum Gasteiger partial charge on any atom is -0.351 e. The Labute approximate surface area is 220 Å². The third kappa shape index (κ3) is 2.83. The summed E-state index contributed by atoms with van der Waals surface area (Å²) in [5, 5.41) is 1.59. The molecule has 178 valence electrons. The van der Waals surface area contributed by atoms with Crippen molar-refractivity contribution in [1.29, 1.82) is 0 Å². The average molecular weight is 546 g/mol. The fourth-order valence-electron chi connectivity index (χ4n) is 5.22. The van der Waals surface area contributed by atoms with Crippen molar-refractivity contribution in [3.63, 3.8) is 0 Å². The molecule has 1 heterocycles. The second-order valence-corrected chi connectivity index (χ2v) is 10.0. The smallest absolute Gasteiger partial charge is 0.196 e. The Hall–Kier alpha value is -3.97. The molecule has 0 radical (unpaired) electrons. The molecule has 9 heteroatoms. The third-order valence-electron chi connectivity index (χ3n) is 6.92. The van der Waals surface area contributed by atoms with Crippen LogP contribution in [0.15, 0.2) is 73.8 Å². The summed E-state index contributed by atoms with van der Waals surface area (Å²) in [7, 11) is 0. The Morgan fingerprint density at radius 1 is 0.486 bits per heavy atom. The summed E-state index contributed by atoms with van der Waals surface area (Å²) in [4.78, 5) is 60.0. The van der Waals surface area contributed by atoms with Crippen LogP contribution in [0.1, 0.15) is 0 Å². The zero-order chi connectivity index (χ0) is 25.7. The van der Waals surface area contributed by atoms with Gasteiger partial charge < -0.3 is 9.97 Å². The van der Waals surface area contributed by atoms with Gasteiger partial charge in [-0.3, -0.25) is 19.2 Å². The van der Waals surface area contributed by atoms with E-state index in [4.69, 9.17) is 34.8 Å². The van der Waals surface area contributed by atoms with E-state index in [1.54, 1.807) is 42.5 Å². The van der Waals surface area contributed by atoms with Gasteiger partial charge in [0.05, 0.1) is 53.3 Å². The van der Waals surface area contributed by atoms with E-state index >= 15 is 0 Å². The Kier molecular flexibility index (Phi) is 4.52. The third-order valence-corrected chi connectivity index (χ3v) is 8.19. The van der Waals surface area contributed by atoms with Gasteiger partial charge in [-0.1, -0.05) is 59.1 Å². The molecular formula is C28H11Cl3N2O4. The molecule has 0 saturated heterocycles. The van der Waals surface area contributed by atoms with E-state index in [9.17, 15) is 19.2 Å². The molecule has 0 unspecified atom stereocenters. The monoisotopic (exact) mass is 544 g/mol. The van der Waals surface area contributed by atoms with Crippen molar-refractivity contribution in [2.45, 2.75) is 0 Å². The molecule has 37 heavy (non-hydrogen) atoms. The molecule has 0 aliphatic heterocycles. The van der Waals surface area contributed by atoms with Gasteiger partial charge in [0.25, 0.3) is 0 Å². The predicted octanol–water partition coefficient (Wildman–Crippen LogP) is 6.10. The van der Waals surface area contributed by atoms with Gasteiger partial charge >= 0.3 is 0 Å². The van der Waals surface area contributed by atoms with Gasteiger partial charge in [0.2, 0.25) is 0 Å². The highest BCUT2D eigenvalue weighted by atomic mass is 35.5. The van der Waals surface area contributed by atoms with E-state index in [1.165, 1.54) is 12.1 Å². The fourth-order valence-corrected chi connectivity index (χ4v) is 5.91. The molecule has 6 nitrogen and oxygen atoms in total. The topological polar surface area (TPSA) is 99.9 Å². The molecule has 0 aliphatic rings. The standard InChI is InChI=1S/C28H11Cl3N2O4/c29-15-9-14-18(22(31)21(15)30)27(36)13-6-8-17-24(20(13)28(14)37)33-16-7-5-12-19(23(16)32-17)26(35)11-4-2-1-3-10(11)25(12)34/h1-9,32-33H. The summed E-state index contributed by atoms with van der Waals surface area (Å²) in [5.74, 6) is 0. The minimum absolute atomic E-state index is 0.00363. The number of H-pyrrole nitrogens is 2. The SMILES string of the molecule is O=c1c2ccccc2c(=O)c2c1ccc1[nH]c3c(ccc4c(=O)c5c(Cl)c(Cl)c(Cl)cc5c(=O)c43)[nH]c12. The Morgan fingerprint density at radius 2 is 0.973 bits per heavy atom. The lowest BCUT2D eigenvalue weighted by Gasteiger charge is -2.11. The van der Waals surface area contributed by atoms with Gasteiger partial charge in [0.15, 0.2) is 21.7 Å². The number of fused-ring (bicyclic) bond motifs is 8. The predicted molar refractivity (Wildman–Crippen MR) is 151 cm³/mol. The Morgan fingerprint density at radius 3 is 1.57 bits per heavy atom. The van der Waals surface area contributed by atoms with Crippen molar-refractivity contribution in [3.8, 4) is 0 Å². The number of hydrogen-bond acceptors (Lipinski definition) is 4. The molecule has 0 aliphatic carbocycles. The molecule has 7 aromatic rings. The molecule has 2 N–H and O–H groups in total. The van der Waals surface area contributed by atoms with E-state index in [2.05, 4.69) is 9.97 Å². The summed E-state index contributed by atoms with van der Waals surface area (Å²) < 4.78 is 0. The highest BCUT2D eigenvalue weighted by Crippen LogP contribution is 2.36. The molecule has 1 aromatic heterocycles. The van der Waals surface area contributed by atoms with E-state index in [0.717, 1.165) is 0 Å². The highest BCUT2D eigenvalue weighted by Gasteiger charge is 2.20. The van der Waals surface area contributed by atoms with Crippen molar-refractivity contribution in [1.82, 2.24) is 9.97 Å². The maximum atomic E-state index is 13.6. The molecule has 0 bridgehead atoms. The first-order valence-electron chi connectivity index (χ1n) is 11.1. The maximum absolute atomic E-state index is 13.6. The molecule has 0 fully saturated rings.